The molecule has 0 saturated heterocycles. The number of fused-ring (bicyclic) bond motifs is 3. The van der Waals surface area contributed by atoms with Gasteiger partial charge < -0.3 is 0 Å². The molecule has 0 spiro atoms. The molecule has 5 atom stereocenters. The van der Waals surface area contributed by atoms with Crippen molar-refractivity contribution in [1.29, 1.82) is 0 Å². The zero-order valence-corrected chi connectivity index (χ0v) is 11.8. The van der Waals surface area contributed by atoms with Gasteiger partial charge in [-0.15, -0.1) is 0 Å². The highest BCUT2D eigenvalue weighted by molar-refractivity contribution is 5.72. The molecule has 0 aromatic heterocycles. The van der Waals surface area contributed by atoms with Gasteiger partial charge in [0.2, 0.25) is 0 Å². The van der Waals surface area contributed by atoms with Crippen LogP contribution in [0.4, 0.5) is 0 Å². The summed E-state index contributed by atoms with van der Waals surface area (Å²) in [5, 5.41) is 0. The summed E-state index contributed by atoms with van der Waals surface area (Å²) < 4.78 is 0. The van der Waals surface area contributed by atoms with Gasteiger partial charge in [-0.05, 0) is 40.7 Å². The largest absolute Gasteiger partial charge is 0.0805 e. The quantitative estimate of drug-likeness (QED) is 0.675. The third-order valence-corrected chi connectivity index (χ3v) is 5.34. The van der Waals surface area contributed by atoms with E-state index in [1.165, 1.54) is 11.1 Å². The molecule has 3 aliphatic rings. The van der Waals surface area contributed by atoms with Crippen LogP contribution in [0.2, 0.25) is 0 Å². The Kier molecular flexibility index (Phi) is 2.77. The van der Waals surface area contributed by atoms with E-state index in [4.69, 9.17) is 0 Å². The van der Waals surface area contributed by atoms with Gasteiger partial charge >= 0.3 is 0 Å². The SMILES string of the molecule is CC1C2C=CC=CC2C2C(c3ccccc3)=CC=CC12. The fraction of sp³-hybridized carbons (Fsp3) is 0.300. The standard InChI is InChI=1S/C20H20/c1-14-16-10-5-6-11-19(16)20-17(14)12-7-13-18(20)15-8-3-2-4-9-15/h2-14,16-17,19-20H,1H3. The molecule has 1 aromatic carbocycles. The Balaban J connectivity index is 1.79. The van der Waals surface area contributed by atoms with E-state index in [-0.39, 0.29) is 0 Å². The molecule has 3 aliphatic carbocycles. The Labute approximate surface area is 121 Å². The van der Waals surface area contributed by atoms with Crippen molar-refractivity contribution < 1.29 is 0 Å². The summed E-state index contributed by atoms with van der Waals surface area (Å²) in [5.41, 5.74) is 2.92. The molecule has 100 valence electrons. The second-order valence-corrected chi connectivity index (χ2v) is 6.26. The zero-order chi connectivity index (χ0) is 13.5. The number of allylic oxidation sites excluding steroid dienone is 8. The number of hydrogen-bond donors (Lipinski definition) is 0. The van der Waals surface area contributed by atoms with Crippen LogP contribution in [0, 0.1) is 29.6 Å². The van der Waals surface area contributed by atoms with E-state index in [9.17, 15) is 0 Å². The average Bonchev–Trinajstić information content (AvgIpc) is 2.82. The fourth-order valence-electron chi connectivity index (χ4n) is 4.39. The maximum Gasteiger partial charge on any atom is -0.00214 e. The van der Waals surface area contributed by atoms with Crippen molar-refractivity contribution in [3.05, 3.63) is 78.4 Å². The van der Waals surface area contributed by atoms with Crippen molar-refractivity contribution in [3.8, 4) is 0 Å². The fourth-order valence-corrected chi connectivity index (χ4v) is 4.39. The van der Waals surface area contributed by atoms with Gasteiger partial charge in [-0.1, -0.05) is 79.8 Å². The van der Waals surface area contributed by atoms with E-state index >= 15 is 0 Å². The number of benzene rings is 1. The minimum absolute atomic E-state index is 0.642. The summed E-state index contributed by atoms with van der Waals surface area (Å²) in [7, 11) is 0. The van der Waals surface area contributed by atoms with Gasteiger partial charge in [0.1, 0.15) is 0 Å². The Morgan fingerprint density at radius 3 is 2.25 bits per heavy atom. The summed E-state index contributed by atoms with van der Waals surface area (Å²) in [6, 6.07) is 10.9. The number of hydrogen-bond acceptors (Lipinski definition) is 0. The summed E-state index contributed by atoms with van der Waals surface area (Å²) in [6.07, 6.45) is 16.3. The molecule has 0 bridgehead atoms. The molecule has 0 amide bonds. The van der Waals surface area contributed by atoms with Crippen molar-refractivity contribution in [2.75, 3.05) is 0 Å². The summed E-state index contributed by atoms with van der Waals surface area (Å²) in [5.74, 6) is 3.41. The number of rotatable bonds is 1. The molecule has 1 fully saturated rings. The van der Waals surface area contributed by atoms with Gasteiger partial charge in [-0.2, -0.15) is 0 Å². The third kappa shape index (κ3) is 1.67. The zero-order valence-electron chi connectivity index (χ0n) is 11.8. The maximum atomic E-state index is 2.43. The molecule has 4 rings (SSSR count). The van der Waals surface area contributed by atoms with E-state index in [0.717, 1.165) is 5.92 Å². The Hall–Kier alpha value is -1.82. The van der Waals surface area contributed by atoms with E-state index in [1.807, 2.05) is 0 Å². The van der Waals surface area contributed by atoms with E-state index in [1.54, 1.807) is 0 Å². The first-order valence-electron chi connectivity index (χ1n) is 7.65. The molecular weight excluding hydrogens is 240 g/mol. The third-order valence-electron chi connectivity index (χ3n) is 5.34. The van der Waals surface area contributed by atoms with Crippen molar-refractivity contribution in [1.82, 2.24) is 0 Å². The Morgan fingerprint density at radius 2 is 1.45 bits per heavy atom. The van der Waals surface area contributed by atoms with Gasteiger partial charge in [0.05, 0.1) is 0 Å². The van der Waals surface area contributed by atoms with Gasteiger partial charge in [-0.25, -0.2) is 0 Å². The van der Waals surface area contributed by atoms with Gasteiger partial charge in [0, 0.05) is 0 Å². The molecule has 0 aliphatic heterocycles. The lowest BCUT2D eigenvalue weighted by Gasteiger charge is -2.29. The van der Waals surface area contributed by atoms with Crippen molar-refractivity contribution in [3.63, 3.8) is 0 Å². The lowest BCUT2D eigenvalue weighted by atomic mass is 9.75. The molecule has 0 N–H and O–H groups in total. The lowest BCUT2D eigenvalue weighted by Crippen LogP contribution is -2.19. The van der Waals surface area contributed by atoms with Crippen LogP contribution in [-0.2, 0) is 0 Å². The van der Waals surface area contributed by atoms with Gasteiger partial charge in [0.25, 0.3) is 0 Å². The van der Waals surface area contributed by atoms with Crippen LogP contribution in [0.5, 0.6) is 0 Å². The van der Waals surface area contributed by atoms with Crippen molar-refractivity contribution in [2.24, 2.45) is 29.6 Å². The molecule has 0 radical (unpaired) electrons. The lowest BCUT2D eigenvalue weighted by molar-refractivity contribution is 0.416. The second-order valence-electron chi connectivity index (χ2n) is 6.26. The van der Waals surface area contributed by atoms with Crippen LogP contribution in [0.3, 0.4) is 0 Å². The summed E-state index contributed by atoms with van der Waals surface area (Å²) in [6.45, 7) is 2.42. The maximum absolute atomic E-state index is 2.43. The Bertz CT molecular complexity index is 615. The minimum Gasteiger partial charge on any atom is -0.0805 e. The highest BCUT2D eigenvalue weighted by Gasteiger charge is 2.47. The molecule has 0 heterocycles. The van der Waals surface area contributed by atoms with Crippen LogP contribution < -0.4 is 0 Å². The van der Waals surface area contributed by atoms with Crippen LogP contribution in [0.25, 0.3) is 5.57 Å². The van der Waals surface area contributed by atoms with E-state index < -0.39 is 0 Å². The minimum atomic E-state index is 0.642. The average molecular weight is 260 g/mol. The highest BCUT2D eigenvalue weighted by atomic mass is 14.5. The van der Waals surface area contributed by atoms with E-state index in [0.29, 0.717) is 23.7 Å². The topological polar surface area (TPSA) is 0 Å². The highest BCUT2D eigenvalue weighted by Crippen LogP contribution is 2.55. The first kappa shape index (κ1) is 12.0. The Morgan fingerprint density at radius 1 is 0.750 bits per heavy atom. The normalized spacial score (nSPS) is 37.5. The van der Waals surface area contributed by atoms with Crippen LogP contribution in [0.15, 0.2) is 72.9 Å². The smallest absolute Gasteiger partial charge is 0.00214 e. The molecular formula is C20H20. The van der Waals surface area contributed by atoms with Crippen molar-refractivity contribution >= 4 is 5.57 Å². The molecule has 1 aromatic rings. The monoisotopic (exact) mass is 260 g/mol. The predicted molar refractivity (Wildman–Crippen MR) is 85.0 cm³/mol. The molecule has 5 unspecified atom stereocenters. The van der Waals surface area contributed by atoms with E-state index in [2.05, 4.69) is 79.8 Å². The van der Waals surface area contributed by atoms with Crippen LogP contribution in [-0.4, -0.2) is 0 Å². The van der Waals surface area contributed by atoms with Crippen molar-refractivity contribution in [2.45, 2.75) is 6.92 Å². The first-order chi connectivity index (χ1) is 9.86. The molecule has 1 saturated carbocycles. The molecule has 0 heteroatoms. The summed E-state index contributed by atoms with van der Waals surface area (Å²) >= 11 is 0. The van der Waals surface area contributed by atoms with Crippen LogP contribution in [0.1, 0.15) is 12.5 Å². The van der Waals surface area contributed by atoms with Gasteiger partial charge in [-0.3, -0.25) is 0 Å². The van der Waals surface area contributed by atoms with Crippen LogP contribution >= 0.6 is 0 Å². The predicted octanol–water partition coefficient (Wildman–Crippen LogP) is 4.88. The second kappa shape index (κ2) is 4.63. The van der Waals surface area contributed by atoms with Gasteiger partial charge in [0.15, 0.2) is 0 Å². The first-order valence-corrected chi connectivity index (χ1v) is 7.65. The molecule has 0 nitrogen and oxygen atoms in total. The summed E-state index contributed by atoms with van der Waals surface area (Å²) in [4.78, 5) is 0. The molecule has 20 heavy (non-hydrogen) atoms.